The number of nitrogens with zero attached hydrogens (tertiary/aromatic N) is 2. The second-order valence-electron chi connectivity index (χ2n) is 10.2. The average molecular weight is 463 g/mol. The van der Waals surface area contributed by atoms with Crippen molar-refractivity contribution in [3.63, 3.8) is 0 Å². The van der Waals surface area contributed by atoms with Crippen LogP contribution in [0.5, 0.6) is 0 Å². The normalized spacial score (nSPS) is 31.3. The van der Waals surface area contributed by atoms with Crippen LogP contribution in [0.1, 0.15) is 53.4 Å². The fourth-order valence-corrected chi connectivity index (χ4v) is 5.76. The van der Waals surface area contributed by atoms with E-state index in [0.29, 0.717) is 32.2 Å². The van der Waals surface area contributed by atoms with E-state index in [9.17, 15) is 19.5 Å². The van der Waals surface area contributed by atoms with Gasteiger partial charge in [-0.3, -0.25) is 14.4 Å². The standard InChI is InChI=1S/C25H38N2O6/c1-7-10-14-32-23(31)18-17-11-12-25(33-17)19(18)21(29)27(16(9-3)15-28)20(25)22(30)26(13-8-2)24(4,5)6/h7-8,16-20,28H,1-2,9-15H2,3-6H3/t16-,17-,18+,19-,20?,25?/m0/s1. The zero-order valence-corrected chi connectivity index (χ0v) is 20.3. The summed E-state index contributed by atoms with van der Waals surface area (Å²) < 4.78 is 11.8. The van der Waals surface area contributed by atoms with Crippen molar-refractivity contribution >= 4 is 17.8 Å². The third kappa shape index (κ3) is 4.12. The Morgan fingerprint density at radius 2 is 2.06 bits per heavy atom. The van der Waals surface area contributed by atoms with E-state index < -0.39 is 47.1 Å². The summed E-state index contributed by atoms with van der Waals surface area (Å²) in [5.74, 6) is -2.57. The maximum Gasteiger partial charge on any atom is 0.312 e. The maximum atomic E-state index is 14.1. The zero-order valence-electron chi connectivity index (χ0n) is 20.3. The predicted octanol–water partition coefficient (Wildman–Crippen LogP) is 2.06. The second-order valence-corrected chi connectivity index (χ2v) is 10.2. The number of rotatable bonds is 10. The second kappa shape index (κ2) is 9.58. The van der Waals surface area contributed by atoms with Crippen molar-refractivity contribution in [1.29, 1.82) is 0 Å². The smallest absolute Gasteiger partial charge is 0.312 e. The molecule has 0 aromatic carbocycles. The molecule has 8 heteroatoms. The van der Waals surface area contributed by atoms with E-state index in [1.54, 1.807) is 17.1 Å². The zero-order chi connectivity index (χ0) is 24.6. The Labute approximate surface area is 196 Å². The Bertz CT molecular complexity index is 801. The lowest BCUT2D eigenvalue weighted by Gasteiger charge is -2.43. The molecule has 3 fully saturated rings. The van der Waals surface area contributed by atoms with Gasteiger partial charge in [-0.2, -0.15) is 0 Å². The van der Waals surface area contributed by atoms with Gasteiger partial charge in [0, 0.05) is 12.1 Å². The molecule has 2 amide bonds. The highest BCUT2D eigenvalue weighted by Gasteiger charge is 2.75. The first-order valence-electron chi connectivity index (χ1n) is 11.9. The minimum absolute atomic E-state index is 0.191. The molecule has 33 heavy (non-hydrogen) atoms. The third-order valence-corrected chi connectivity index (χ3v) is 7.27. The van der Waals surface area contributed by atoms with Gasteiger partial charge in [0.25, 0.3) is 0 Å². The van der Waals surface area contributed by atoms with Gasteiger partial charge < -0.3 is 24.4 Å². The van der Waals surface area contributed by atoms with E-state index >= 15 is 0 Å². The molecule has 0 saturated carbocycles. The Hall–Kier alpha value is -2.19. The van der Waals surface area contributed by atoms with Gasteiger partial charge in [0.1, 0.15) is 11.6 Å². The van der Waals surface area contributed by atoms with Gasteiger partial charge >= 0.3 is 5.97 Å². The highest BCUT2D eigenvalue weighted by molar-refractivity contribution is 5.98. The van der Waals surface area contributed by atoms with E-state index in [0.717, 1.165) is 0 Å². The molecule has 2 unspecified atom stereocenters. The van der Waals surface area contributed by atoms with Crippen LogP contribution < -0.4 is 0 Å². The van der Waals surface area contributed by atoms with Gasteiger partial charge in [0.2, 0.25) is 11.8 Å². The summed E-state index contributed by atoms with van der Waals surface area (Å²) in [7, 11) is 0. The molecule has 3 rings (SSSR count). The van der Waals surface area contributed by atoms with Crippen LogP contribution in [-0.4, -0.2) is 81.8 Å². The summed E-state index contributed by atoms with van der Waals surface area (Å²) in [6.07, 6.45) is 4.95. The van der Waals surface area contributed by atoms with Crippen LogP contribution in [0.4, 0.5) is 0 Å². The van der Waals surface area contributed by atoms with Crippen LogP contribution in [0.15, 0.2) is 25.3 Å². The fourth-order valence-electron chi connectivity index (χ4n) is 5.76. The molecular weight excluding hydrogens is 424 g/mol. The van der Waals surface area contributed by atoms with Gasteiger partial charge in [0.15, 0.2) is 0 Å². The van der Waals surface area contributed by atoms with Crippen LogP contribution in [0, 0.1) is 11.8 Å². The summed E-state index contributed by atoms with van der Waals surface area (Å²) in [4.78, 5) is 44.1. The minimum atomic E-state index is -1.10. The van der Waals surface area contributed by atoms with Crippen LogP contribution >= 0.6 is 0 Å². The molecule has 1 spiro atoms. The number of hydrogen-bond donors (Lipinski definition) is 1. The largest absolute Gasteiger partial charge is 0.465 e. The molecule has 1 N–H and O–H groups in total. The number of amides is 2. The van der Waals surface area contributed by atoms with Crippen LogP contribution in [0.25, 0.3) is 0 Å². The molecule has 0 aromatic heterocycles. The van der Waals surface area contributed by atoms with Crippen LogP contribution in [0.2, 0.25) is 0 Å². The Kier molecular flexibility index (Phi) is 7.39. The number of ether oxygens (including phenoxy) is 2. The Morgan fingerprint density at radius 1 is 1.36 bits per heavy atom. The average Bonchev–Trinajstić information content (AvgIpc) is 3.40. The van der Waals surface area contributed by atoms with E-state index in [4.69, 9.17) is 9.47 Å². The summed E-state index contributed by atoms with van der Waals surface area (Å²) in [6, 6.07) is -1.46. The number of carbonyl (C=O) groups is 3. The SMILES string of the molecule is C=CCCOC(=O)[C@@H]1[C@@H]2CCC3(O2)C(C(=O)N(CC=C)C(C)(C)C)N([C@@H](CC)CO)C(=O)[C@H]13. The number of aliphatic hydroxyl groups excluding tert-OH is 1. The lowest BCUT2D eigenvalue weighted by Crippen LogP contribution is -2.61. The van der Waals surface area contributed by atoms with Crippen molar-refractivity contribution in [3.05, 3.63) is 25.3 Å². The molecule has 8 nitrogen and oxygen atoms in total. The van der Waals surface area contributed by atoms with E-state index in [1.165, 1.54) is 4.90 Å². The van der Waals surface area contributed by atoms with Crippen molar-refractivity contribution < 1.29 is 29.0 Å². The van der Waals surface area contributed by atoms with Crippen molar-refractivity contribution in [2.75, 3.05) is 19.8 Å². The molecule has 0 aliphatic carbocycles. The first kappa shape index (κ1) is 25.4. The summed E-state index contributed by atoms with van der Waals surface area (Å²) in [6.45, 7) is 15.3. The first-order valence-corrected chi connectivity index (χ1v) is 11.9. The van der Waals surface area contributed by atoms with Gasteiger partial charge in [-0.15, -0.1) is 13.2 Å². The first-order chi connectivity index (χ1) is 15.6. The van der Waals surface area contributed by atoms with Gasteiger partial charge in [-0.05, 0) is 46.5 Å². The van der Waals surface area contributed by atoms with Crippen molar-refractivity contribution in [3.8, 4) is 0 Å². The Balaban J connectivity index is 2.05. The number of likely N-dealkylation sites (tertiary alicyclic amines) is 1. The van der Waals surface area contributed by atoms with Crippen molar-refractivity contribution in [2.45, 2.75) is 82.7 Å². The third-order valence-electron chi connectivity index (χ3n) is 7.27. The van der Waals surface area contributed by atoms with Crippen LogP contribution in [-0.2, 0) is 23.9 Å². The number of aliphatic hydroxyl groups is 1. The molecule has 3 heterocycles. The fraction of sp³-hybridized carbons (Fsp3) is 0.720. The number of esters is 1. The van der Waals surface area contributed by atoms with Crippen LogP contribution in [0.3, 0.4) is 0 Å². The molecule has 0 radical (unpaired) electrons. The van der Waals surface area contributed by atoms with Crippen molar-refractivity contribution in [1.82, 2.24) is 9.80 Å². The summed E-state index contributed by atoms with van der Waals surface area (Å²) >= 11 is 0. The van der Waals surface area contributed by atoms with E-state index in [1.807, 2.05) is 27.7 Å². The minimum Gasteiger partial charge on any atom is -0.465 e. The number of carbonyl (C=O) groups excluding carboxylic acids is 3. The van der Waals surface area contributed by atoms with E-state index in [-0.39, 0.29) is 25.0 Å². The topological polar surface area (TPSA) is 96.4 Å². The lowest BCUT2D eigenvalue weighted by molar-refractivity contribution is -0.157. The highest BCUT2D eigenvalue weighted by atomic mass is 16.6. The summed E-state index contributed by atoms with van der Waals surface area (Å²) in [5.41, 5.74) is -1.62. The monoisotopic (exact) mass is 462 g/mol. The molecule has 3 aliphatic rings. The maximum absolute atomic E-state index is 14.1. The summed E-state index contributed by atoms with van der Waals surface area (Å²) in [5, 5.41) is 10.1. The highest BCUT2D eigenvalue weighted by Crippen LogP contribution is 2.59. The van der Waals surface area contributed by atoms with Gasteiger partial charge in [0.05, 0.1) is 37.2 Å². The van der Waals surface area contributed by atoms with E-state index in [2.05, 4.69) is 13.2 Å². The molecular formula is C25H38N2O6. The molecule has 0 aromatic rings. The lowest BCUT2D eigenvalue weighted by atomic mass is 9.70. The quantitative estimate of drug-likeness (QED) is 0.303. The van der Waals surface area contributed by atoms with Gasteiger partial charge in [-0.1, -0.05) is 19.1 Å². The number of hydrogen-bond acceptors (Lipinski definition) is 6. The molecule has 3 aliphatic heterocycles. The van der Waals surface area contributed by atoms with Gasteiger partial charge in [-0.25, -0.2) is 0 Å². The molecule has 3 saturated heterocycles. The van der Waals surface area contributed by atoms with Crippen molar-refractivity contribution in [2.24, 2.45) is 11.8 Å². The predicted molar refractivity (Wildman–Crippen MR) is 123 cm³/mol. The molecule has 6 atom stereocenters. The molecule has 184 valence electrons. The molecule has 2 bridgehead atoms. The Morgan fingerprint density at radius 3 is 2.61 bits per heavy atom. The number of fused-ring (bicyclic) bond motifs is 1.